The second-order valence-electron chi connectivity index (χ2n) is 5.22. The molecule has 21 heavy (non-hydrogen) atoms. The van der Waals surface area contributed by atoms with Crippen LogP contribution in [0.3, 0.4) is 0 Å². The Hall–Kier alpha value is -0.750. The molecule has 2 aromatic rings. The maximum atomic E-state index is 5.94. The van der Waals surface area contributed by atoms with Crippen molar-refractivity contribution in [1.29, 1.82) is 0 Å². The van der Waals surface area contributed by atoms with Gasteiger partial charge in [0.25, 0.3) is 0 Å². The van der Waals surface area contributed by atoms with Gasteiger partial charge >= 0.3 is 0 Å². The van der Waals surface area contributed by atoms with Gasteiger partial charge in [0.2, 0.25) is 0 Å². The molecule has 0 aliphatic carbocycles. The van der Waals surface area contributed by atoms with Crippen LogP contribution in [0.2, 0.25) is 0 Å². The second-order valence-corrected chi connectivity index (χ2v) is 7.85. The van der Waals surface area contributed by atoms with E-state index >= 15 is 0 Å². The van der Waals surface area contributed by atoms with Crippen molar-refractivity contribution in [2.24, 2.45) is 5.84 Å². The highest BCUT2D eigenvalue weighted by atomic mass is 32.2. The number of benzene rings is 1. The van der Waals surface area contributed by atoms with E-state index in [1.807, 2.05) is 24.0 Å². The summed E-state index contributed by atoms with van der Waals surface area (Å²) >= 11 is 4.12. The van der Waals surface area contributed by atoms with Crippen LogP contribution in [-0.2, 0) is 0 Å². The highest BCUT2D eigenvalue weighted by Crippen LogP contribution is 2.41. The van der Waals surface area contributed by atoms with Gasteiger partial charge in [-0.3, -0.25) is 16.3 Å². The molecule has 0 bridgehead atoms. The Morgan fingerprint density at radius 3 is 2.90 bits per heavy atom. The molecule has 0 saturated carbocycles. The molecule has 1 aliphatic rings. The zero-order valence-corrected chi connectivity index (χ0v) is 13.8. The van der Waals surface area contributed by atoms with Gasteiger partial charge in [-0.25, -0.2) is 0 Å². The Labute approximate surface area is 134 Å². The van der Waals surface area contributed by atoms with Crippen molar-refractivity contribution in [1.82, 2.24) is 10.4 Å². The molecule has 0 radical (unpaired) electrons. The molecule has 3 N–H and O–H groups in total. The van der Waals surface area contributed by atoms with Crippen molar-refractivity contribution >= 4 is 34.4 Å². The van der Waals surface area contributed by atoms with Gasteiger partial charge in [-0.15, -0.1) is 0 Å². The molecule has 1 aromatic heterocycles. The number of nitrogens with zero attached hydrogens (tertiary/aromatic N) is 1. The minimum atomic E-state index is 0.145. The van der Waals surface area contributed by atoms with E-state index in [2.05, 4.69) is 53.4 Å². The molecule has 3 rings (SSSR count). The van der Waals surface area contributed by atoms with Crippen molar-refractivity contribution in [3.05, 3.63) is 42.1 Å². The molecule has 3 nitrogen and oxygen atoms in total. The fourth-order valence-electron chi connectivity index (χ4n) is 2.99. The largest absolute Gasteiger partial charge is 0.271 e. The molecular weight excluding hydrogens is 298 g/mol. The van der Waals surface area contributed by atoms with Gasteiger partial charge in [0, 0.05) is 33.6 Å². The lowest BCUT2D eigenvalue weighted by atomic mass is 9.98. The molecule has 3 atom stereocenters. The summed E-state index contributed by atoms with van der Waals surface area (Å²) in [5.41, 5.74) is 5.35. The summed E-state index contributed by atoms with van der Waals surface area (Å²) in [6, 6.07) is 10.6. The molecule has 0 amide bonds. The molecule has 1 aliphatic heterocycles. The van der Waals surface area contributed by atoms with Crippen molar-refractivity contribution in [2.75, 3.05) is 11.5 Å². The third kappa shape index (κ3) is 3.06. The molecule has 1 aromatic carbocycles. The molecule has 1 fully saturated rings. The third-order valence-corrected chi connectivity index (χ3v) is 7.35. The number of hydrogen-bond donors (Lipinski definition) is 2. The van der Waals surface area contributed by atoms with Crippen molar-refractivity contribution in [2.45, 2.75) is 29.9 Å². The van der Waals surface area contributed by atoms with Crippen LogP contribution in [-0.4, -0.2) is 27.0 Å². The van der Waals surface area contributed by atoms with Crippen molar-refractivity contribution in [3.8, 4) is 0 Å². The highest BCUT2D eigenvalue weighted by molar-refractivity contribution is 8.07. The van der Waals surface area contributed by atoms with Crippen LogP contribution in [0.4, 0.5) is 0 Å². The lowest BCUT2D eigenvalue weighted by Crippen LogP contribution is -2.41. The van der Waals surface area contributed by atoms with E-state index in [0.717, 1.165) is 5.52 Å². The normalized spacial score (nSPS) is 24.1. The van der Waals surface area contributed by atoms with E-state index in [0.29, 0.717) is 10.5 Å². The number of rotatable bonds is 4. The summed E-state index contributed by atoms with van der Waals surface area (Å²) in [5, 5.41) is 2.31. The smallest absolute Gasteiger partial charge is 0.0750 e. The number of nitrogens with one attached hydrogen (secondary N) is 1. The second kappa shape index (κ2) is 7.01. The first-order valence-electron chi connectivity index (χ1n) is 7.38. The SMILES string of the molecule is CCC1SCCSC1C(NN)c1cccc2cccnc12. The average Bonchev–Trinajstić information content (AvgIpc) is 2.56. The summed E-state index contributed by atoms with van der Waals surface area (Å²) in [6.07, 6.45) is 3.04. The number of para-hydroxylation sites is 1. The van der Waals surface area contributed by atoms with Crippen LogP contribution >= 0.6 is 23.5 Å². The molecule has 5 heteroatoms. The number of pyridine rings is 1. The first-order chi connectivity index (χ1) is 10.3. The lowest BCUT2D eigenvalue weighted by Gasteiger charge is -2.36. The first kappa shape index (κ1) is 15.2. The van der Waals surface area contributed by atoms with E-state index in [-0.39, 0.29) is 6.04 Å². The van der Waals surface area contributed by atoms with E-state index < -0.39 is 0 Å². The fourth-order valence-corrected chi connectivity index (χ4v) is 6.21. The number of aromatic nitrogens is 1. The summed E-state index contributed by atoms with van der Waals surface area (Å²) < 4.78 is 0. The van der Waals surface area contributed by atoms with Crippen molar-refractivity contribution < 1.29 is 0 Å². The Balaban J connectivity index is 2.01. The van der Waals surface area contributed by atoms with Gasteiger partial charge in [-0.05, 0) is 18.1 Å². The number of thioether (sulfide) groups is 2. The van der Waals surface area contributed by atoms with Crippen LogP contribution < -0.4 is 11.3 Å². The molecule has 3 unspecified atom stereocenters. The maximum Gasteiger partial charge on any atom is 0.0750 e. The Kier molecular flexibility index (Phi) is 5.06. The van der Waals surface area contributed by atoms with Gasteiger partial charge in [-0.2, -0.15) is 23.5 Å². The minimum Gasteiger partial charge on any atom is -0.271 e. The summed E-state index contributed by atoms with van der Waals surface area (Å²) in [6.45, 7) is 2.27. The van der Waals surface area contributed by atoms with Gasteiger partial charge in [0.15, 0.2) is 0 Å². The summed E-state index contributed by atoms with van der Waals surface area (Å²) in [4.78, 5) is 4.58. The zero-order valence-electron chi connectivity index (χ0n) is 12.2. The molecule has 112 valence electrons. The fraction of sp³-hybridized carbons (Fsp3) is 0.438. The maximum absolute atomic E-state index is 5.94. The number of fused-ring (bicyclic) bond motifs is 1. The average molecular weight is 319 g/mol. The molecular formula is C16H21N3S2. The highest BCUT2D eigenvalue weighted by Gasteiger charge is 2.33. The monoisotopic (exact) mass is 319 g/mol. The van der Waals surface area contributed by atoms with Crippen LogP contribution in [0.15, 0.2) is 36.5 Å². The van der Waals surface area contributed by atoms with E-state index in [1.165, 1.54) is 28.9 Å². The van der Waals surface area contributed by atoms with Crippen LogP contribution in [0.25, 0.3) is 10.9 Å². The molecule has 1 saturated heterocycles. The Morgan fingerprint density at radius 2 is 2.10 bits per heavy atom. The van der Waals surface area contributed by atoms with Crippen LogP contribution in [0, 0.1) is 0 Å². The minimum absolute atomic E-state index is 0.145. The Bertz CT molecular complexity index is 600. The van der Waals surface area contributed by atoms with Gasteiger partial charge in [0.1, 0.15) is 0 Å². The third-order valence-electron chi connectivity index (χ3n) is 4.00. The Morgan fingerprint density at radius 1 is 1.29 bits per heavy atom. The predicted octanol–water partition coefficient (Wildman–Crippen LogP) is 3.37. The van der Waals surface area contributed by atoms with E-state index in [1.54, 1.807) is 0 Å². The number of nitrogens with two attached hydrogens (primary N) is 1. The quantitative estimate of drug-likeness (QED) is 0.668. The zero-order chi connectivity index (χ0) is 14.7. The van der Waals surface area contributed by atoms with Gasteiger partial charge < -0.3 is 0 Å². The first-order valence-corrected chi connectivity index (χ1v) is 9.48. The molecule has 2 heterocycles. The standard InChI is InChI=1S/C16H21N3S2/c1-2-13-16(21-10-9-20-13)15(19-17)12-7-3-5-11-6-4-8-18-14(11)12/h3-8,13,15-16,19H,2,9-10,17H2,1H3. The predicted molar refractivity (Wildman–Crippen MR) is 94.6 cm³/mol. The topological polar surface area (TPSA) is 50.9 Å². The summed E-state index contributed by atoms with van der Waals surface area (Å²) in [5.74, 6) is 8.38. The van der Waals surface area contributed by atoms with Crippen molar-refractivity contribution in [3.63, 3.8) is 0 Å². The lowest BCUT2D eigenvalue weighted by molar-refractivity contribution is 0.516. The van der Waals surface area contributed by atoms with Gasteiger partial charge in [-0.1, -0.05) is 31.2 Å². The van der Waals surface area contributed by atoms with E-state index in [4.69, 9.17) is 5.84 Å². The van der Waals surface area contributed by atoms with E-state index in [9.17, 15) is 0 Å². The van der Waals surface area contributed by atoms with Crippen LogP contribution in [0.5, 0.6) is 0 Å². The van der Waals surface area contributed by atoms with Gasteiger partial charge in [0.05, 0.1) is 11.6 Å². The molecule has 0 spiro atoms. The van der Waals surface area contributed by atoms with Crippen LogP contribution in [0.1, 0.15) is 24.9 Å². The number of hydrogen-bond acceptors (Lipinski definition) is 5. The summed E-state index contributed by atoms with van der Waals surface area (Å²) in [7, 11) is 0. The number of hydrazine groups is 1.